The summed E-state index contributed by atoms with van der Waals surface area (Å²) in [4.78, 5) is 11.8. The van der Waals surface area contributed by atoms with Gasteiger partial charge in [0.05, 0.1) is 5.52 Å². The highest BCUT2D eigenvalue weighted by Crippen LogP contribution is 2.22. The molecule has 1 fully saturated rings. The van der Waals surface area contributed by atoms with E-state index in [1.165, 1.54) is 0 Å². The molecule has 20 heavy (non-hydrogen) atoms. The maximum absolute atomic E-state index is 11.8. The number of fused-ring (bicyclic) bond motifs is 1. The molecule has 0 amide bonds. The Kier molecular flexibility index (Phi) is 7.09. The van der Waals surface area contributed by atoms with E-state index in [-0.39, 0.29) is 11.8 Å². The second-order valence-corrected chi connectivity index (χ2v) is 4.19. The van der Waals surface area contributed by atoms with Crippen molar-refractivity contribution in [3.05, 3.63) is 34.8 Å². The fraction of sp³-hybridized carbons (Fsp3) is 0.562. The molecule has 112 valence electrons. The number of hydrogen-bond acceptors (Lipinski definition) is 3. The Hall–Kier alpha value is -1.55. The van der Waals surface area contributed by atoms with Crippen LogP contribution in [0.5, 0.6) is 0 Å². The average molecular weight is 278 g/mol. The van der Waals surface area contributed by atoms with Crippen molar-refractivity contribution in [2.24, 2.45) is 0 Å². The number of oxazole rings is 1. The van der Waals surface area contributed by atoms with Crippen LogP contribution in [-0.4, -0.2) is 17.7 Å². The van der Waals surface area contributed by atoms with Crippen molar-refractivity contribution in [2.45, 2.75) is 46.6 Å². The molecule has 1 saturated heterocycles. The predicted molar refractivity (Wildman–Crippen MR) is 84.3 cm³/mol. The number of nitrogens with zero attached hydrogens (tertiary/aromatic N) is 1. The molecule has 4 heteroatoms. The second-order valence-electron chi connectivity index (χ2n) is 4.19. The summed E-state index contributed by atoms with van der Waals surface area (Å²) in [5.41, 5.74) is 1.60. The van der Waals surface area contributed by atoms with E-state index in [0.29, 0.717) is 5.58 Å². The minimum Gasteiger partial charge on any atom is -0.408 e. The summed E-state index contributed by atoms with van der Waals surface area (Å²) in [7, 11) is 0. The highest BCUT2D eigenvalue weighted by molar-refractivity contribution is 5.72. The fourth-order valence-electron chi connectivity index (χ4n) is 2.39. The predicted octanol–water partition coefficient (Wildman–Crippen LogP) is 3.57. The summed E-state index contributed by atoms with van der Waals surface area (Å²) in [6.07, 6.45) is 1.98. The van der Waals surface area contributed by atoms with Gasteiger partial charge in [-0.15, -0.1) is 0 Å². The van der Waals surface area contributed by atoms with Gasteiger partial charge in [-0.2, -0.15) is 0 Å². The molecule has 0 unspecified atom stereocenters. The first kappa shape index (κ1) is 16.5. The van der Waals surface area contributed by atoms with Gasteiger partial charge in [-0.3, -0.25) is 4.57 Å². The number of piperidine rings is 1. The van der Waals surface area contributed by atoms with Crippen LogP contribution in [0.1, 0.15) is 46.6 Å². The van der Waals surface area contributed by atoms with Gasteiger partial charge in [0.25, 0.3) is 0 Å². The zero-order chi connectivity index (χ0) is 15.0. The van der Waals surface area contributed by atoms with E-state index in [2.05, 4.69) is 5.32 Å². The van der Waals surface area contributed by atoms with Crippen LogP contribution in [0.15, 0.2) is 33.5 Å². The van der Waals surface area contributed by atoms with Crippen molar-refractivity contribution in [2.75, 3.05) is 13.1 Å². The van der Waals surface area contributed by atoms with Crippen LogP contribution < -0.4 is 11.1 Å². The van der Waals surface area contributed by atoms with Gasteiger partial charge >= 0.3 is 5.76 Å². The van der Waals surface area contributed by atoms with Crippen LogP contribution in [0.4, 0.5) is 0 Å². The van der Waals surface area contributed by atoms with Crippen molar-refractivity contribution >= 4 is 11.1 Å². The Labute approximate surface area is 120 Å². The summed E-state index contributed by atoms with van der Waals surface area (Å²) in [6.45, 7) is 9.94. The van der Waals surface area contributed by atoms with E-state index in [0.717, 1.165) is 31.4 Å². The van der Waals surface area contributed by atoms with E-state index in [9.17, 15) is 4.79 Å². The maximum Gasteiger partial charge on any atom is 0.420 e. The monoisotopic (exact) mass is 278 g/mol. The van der Waals surface area contributed by atoms with Crippen LogP contribution in [0, 0.1) is 0 Å². The molecular formula is C16H26N2O2. The highest BCUT2D eigenvalue weighted by atomic mass is 16.4. The summed E-state index contributed by atoms with van der Waals surface area (Å²) in [6, 6.07) is 7.89. The lowest BCUT2D eigenvalue weighted by atomic mass is 10.1. The Balaban J connectivity index is 0.000000461. The summed E-state index contributed by atoms with van der Waals surface area (Å²) < 4.78 is 7.04. The molecule has 0 bridgehead atoms. The quantitative estimate of drug-likeness (QED) is 0.867. The van der Waals surface area contributed by atoms with Crippen LogP contribution in [0.3, 0.4) is 0 Å². The SMILES string of the molecule is CC.CC.O=c1oc2ccccc2n1C1CCNCC1. The highest BCUT2D eigenvalue weighted by Gasteiger charge is 2.20. The lowest BCUT2D eigenvalue weighted by molar-refractivity contribution is 0.349. The van der Waals surface area contributed by atoms with Gasteiger partial charge in [0.15, 0.2) is 5.58 Å². The van der Waals surface area contributed by atoms with Crippen molar-refractivity contribution in [3.63, 3.8) is 0 Å². The number of benzene rings is 1. The Bertz CT molecular complexity index is 551. The molecule has 4 nitrogen and oxygen atoms in total. The Morgan fingerprint density at radius 3 is 2.35 bits per heavy atom. The lowest BCUT2D eigenvalue weighted by Crippen LogP contribution is -2.32. The average Bonchev–Trinajstić information content (AvgIpc) is 2.88. The van der Waals surface area contributed by atoms with Crippen LogP contribution in [0.2, 0.25) is 0 Å². The Morgan fingerprint density at radius 2 is 1.70 bits per heavy atom. The zero-order valence-corrected chi connectivity index (χ0v) is 13.0. The van der Waals surface area contributed by atoms with Gasteiger partial charge in [-0.05, 0) is 38.1 Å². The first-order chi connectivity index (χ1) is 9.86. The number of para-hydroxylation sites is 2. The number of hydrogen-bond donors (Lipinski definition) is 1. The first-order valence-corrected chi connectivity index (χ1v) is 7.67. The Morgan fingerprint density at radius 1 is 1.10 bits per heavy atom. The van der Waals surface area contributed by atoms with E-state index < -0.39 is 0 Å². The third kappa shape index (κ3) is 3.51. The lowest BCUT2D eigenvalue weighted by Gasteiger charge is -2.23. The molecule has 2 aromatic rings. The molecule has 0 spiro atoms. The number of nitrogens with one attached hydrogen (secondary N) is 1. The smallest absolute Gasteiger partial charge is 0.408 e. The van der Waals surface area contributed by atoms with Gasteiger partial charge < -0.3 is 9.73 Å². The van der Waals surface area contributed by atoms with Gasteiger partial charge in [-0.25, -0.2) is 4.79 Å². The van der Waals surface area contributed by atoms with Crippen LogP contribution >= 0.6 is 0 Å². The fourth-order valence-corrected chi connectivity index (χ4v) is 2.39. The number of aromatic nitrogens is 1. The summed E-state index contributed by atoms with van der Waals surface area (Å²) in [5.74, 6) is -0.229. The standard InChI is InChI=1S/C12H14N2O2.2C2H6/c15-12-14(9-5-7-13-8-6-9)10-3-1-2-4-11(10)16-12;2*1-2/h1-4,9,13H,5-8H2;2*1-2H3. The molecule has 0 saturated carbocycles. The topological polar surface area (TPSA) is 47.2 Å². The van der Waals surface area contributed by atoms with E-state index in [1.807, 2.05) is 52.0 Å². The second kappa shape index (κ2) is 8.59. The van der Waals surface area contributed by atoms with Gasteiger partial charge in [0, 0.05) is 6.04 Å². The third-order valence-electron chi connectivity index (χ3n) is 3.19. The van der Waals surface area contributed by atoms with Gasteiger partial charge in [-0.1, -0.05) is 39.8 Å². The minimum atomic E-state index is -0.229. The normalized spacial score (nSPS) is 15.0. The number of rotatable bonds is 1. The van der Waals surface area contributed by atoms with Crippen molar-refractivity contribution in [1.29, 1.82) is 0 Å². The summed E-state index contributed by atoms with van der Waals surface area (Å²) >= 11 is 0. The van der Waals surface area contributed by atoms with Crippen molar-refractivity contribution < 1.29 is 4.42 Å². The van der Waals surface area contributed by atoms with Crippen molar-refractivity contribution in [1.82, 2.24) is 9.88 Å². The largest absolute Gasteiger partial charge is 0.420 e. The van der Waals surface area contributed by atoms with E-state index in [1.54, 1.807) is 4.57 Å². The molecule has 0 radical (unpaired) electrons. The zero-order valence-electron chi connectivity index (χ0n) is 13.0. The molecular weight excluding hydrogens is 252 g/mol. The maximum atomic E-state index is 11.8. The third-order valence-corrected chi connectivity index (χ3v) is 3.19. The molecule has 1 aromatic carbocycles. The molecule has 1 aromatic heterocycles. The first-order valence-electron chi connectivity index (χ1n) is 7.67. The van der Waals surface area contributed by atoms with E-state index in [4.69, 9.17) is 4.42 Å². The van der Waals surface area contributed by atoms with Gasteiger partial charge in [0.2, 0.25) is 0 Å². The molecule has 3 rings (SSSR count). The minimum absolute atomic E-state index is 0.229. The summed E-state index contributed by atoms with van der Waals surface area (Å²) in [5, 5.41) is 3.30. The van der Waals surface area contributed by atoms with Gasteiger partial charge in [0.1, 0.15) is 0 Å². The van der Waals surface area contributed by atoms with Crippen LogP contribution in [0.25, 0.3) is 11.1 Å². The molecule has 1 N–H and O–H groups in total. The molecule has 0 atom stereocenters. The molecule has 2 heterocycles. The molecule has 1 aliphatic heterocycles. The molecule has 0 aliphatic carbocycles. The molecule has 1 aliphatic rings. The van der Waals surface area contributed by atoms with Crippen molar-refractivity contribution in [3.8, 4) is 0 Å². The van der Waals surface area contributed by atoms with E-state index >= 15 is 0 Å². The van der Waals surface area contributed by atoms with Crippen LogP contribution in [-0.2, 0) is 0 Å².